The number of anilines is 4. The zero-order valence-electron chi connectivity index (χ0n) is 47.7. The predicted molar refractivity (Wildman–Crippen MR) is 295 cm³/mol. The van der Waals surface area contributed by atoms with Crippen molar-refractivity contribution >= 4 is 46.5 Å². The van der Waals surface area contributed by atoms with Gasteiger partial charge in [-0.25, -0.2) is 4.98 Å². The van der Waals surface area contributed by atoms with Crippen LogP contribution in [0.25, 0.3) is 0 Å². The second kappa shape index (κ2) is 21.0. The average Bonchev–Trinajstić information content (AvgIpc) is 4.11. The molecule has 5 heterocycles. The van der Waals surface area contributed by atoms with Crippen LogP contribution < -0.4 is 40.2 Å². The normalized spacial score (nSPS) is 19.2. The summed E-state index contributed by atoms with van der Waals surface area (Å²) >= 11 is 0. The molecule has 1 aromatic heterocycles. The summed E-state index contributed by atoms with van der Waals surface area (Å²) in [6.45, 7) is 43.0. The number of pyridine rings is 1. The highest BCUT2D eigenvalue weighted by Gasteiger charge is 2.38. The maximum absolute atomic E-state index is 11.8. The first kappa shape index (κ1) is 57.8. The van der Waals surface area contributed by atoms with Gasteiger partial charge in [-0.15, -0.1) is 0 Å². The number of rotatable bonds is 0. The Balaban J connectivity index is 0.000000173. The number of aromatic nitrogens is 1. The van der Waals surface area contributed by atoms with Gasteiger partial charge in [-0.1, -0.05) is 122 Å². The number of hydrogen-bond donors (Lipinski definition) is 4. The summed E-state index contributed by atoms with van der Waals surface area (Å²) < 4.78 is 22.3. The third kappa shape index (κ3) is 15.2. The zero-order valence-corrected chi connectivity index (χ0v) is 47.7. The Morgan fingerprint density at radius 1 is 0.466 bits per heavy atom. The largest absolute Gasteiger partial charge is 0.479 e. The lowest BCUT2D eigenvalue weighted by atomic mass is 9.86. The first-order chi connectivity index (χ1) is 33.3. The zero-order chi connectivity index (χ0) is 55.0. The van der Waals surface area contributed by atoms with Gasteiger partial charge in [0.1, 0.15) is 17.2 Å². The summed E-state index contributed by atoms with van der Waals surface area (Å²) in [5.41, 5.74) is 5.93. The van der Waals surface area contributed by atoms with E-state index in [4.69, 9.17) is 18.9 Å². The van der Waals surface area contributed by atoms with Crippen LogP contribution in [0.3, 0.4) is 0 Å². The van der Waals surface area contributed by atoms with Crippen molar-refractivity contribution in [2.45, 2.75) is 203 Å². The van der Waals surface area contributed by atoms with Crippen LogP contribution in [0.4, 0.5) is 22.9 Å². The van der Waals surface area contributed by atoms with E-state index in [0.717, 1.165) is 45.9 Å². The smallest absolute Gasteiger partial charge is 0.269 e. The Hall–Kier alpha value is -6.11. The van der Waals surface area contributed by atoms with Crippen LogP contribution in [0.5, 0.6) is 23.0 Å². The van der Waals surface area contributed by atoms with E-state index >= 15 is 0 Å². The number of nitrogens with zero attached hydrogens (tertiary/aromatic N) is 1. The first-order valence-electron chi connectivity index (χ1n) is 25.7. The number of carbonyl (C=O) groups excluding carboxylic acids is 4. The molecule has 1 saturated carbocycles. The van der Waals surface area contributed by atoms with Crippen LogP contribution in [-0.4, -0.2) is 52.0 Å². The summed E-state index contributed by atoms with van der Waals surface area (Å²) in [7, 11) is 0. The third-order valence-corrected chi connectivity index (χ3v) is 13.1. The molecule has 4 aliphatic heterocycles. The lowest BCUT2D eigenvalue weighted by Gasteiger charge is -2.32. The number of nitrogens with one attached hydrogen (secondary N) is 4. The van der Waals surface area contributed by atoms with Gasteiger partial charge in [0.2, 0.25) is 0 Å². The summed E-state index contributed by atoms with van der Waals surface area (Å²) in [5.74, 6) is 4.00. The van der Waals surface area contributed by atoms with Gasteiger partial charge in [-0.3, -0.25) is 19.2 Å². The highest BCUT2D eigenvalue weighted by atomic mass is 16.5. The van der Waals surface area contributed by atoms with E-state index in [1.54, 1.807) is 41.5 Å². The molecule has 0 radical (unpaired) electrons. The molecule has 9 rings (SSSR count). The number of hydrogen-bond acceptors (Lipinski definition) is 9. The molecule has 73 heavy (non-hydrogen) atoms. The number of ether oxygens (including phenoxy) is 4. The quantitative estimate of drug-likeness (QED) is 0.134. The average molecular weight is 1000 g/mol. The van der Waals surface area contributed by atoms with Crippen molar-refractivity contribution < 1.29 is 38.1 Å². The molecule has 4 aromatic rings. The van der Waals surface area contributed by atoms with Gasteiger partial charge in [0.25, 0.3) is 23.6 Å². The summed E-state index contributed by atoms with van der Waals surface area (Å²) in [6.07, 6.45) is 2.13. The highest BCUT2D eigenvalue weighted by molar-refractivity contribution is 6.01. The molecule has 0 saturated heterocycles. The number of benzene rings is 3. The minimum absolute atomic E-state index is 0.0489. The molecule has 0 bridgehead atoms. The number of amides is 4. The molecule has 2 atom stereocenters. The molecule has 3 aromatic carbocycles. The van der Waals surface area contributed by atoms with Crippen molar-refractivity contribution in [1.82, 2.24) is 4.98 Å². The Labute approximate surface area is 436 Å². The molecule has 1 aliphatic carbocycles. The molecular formula is C60H85N5O8. The van der Waals surface area contributed by atoms with Gasteiger partial charge in [-0.05, 0) is 147 Å². The van der Waals surface area contributed by atoms with Gasteiger partial charge in [0.15, 0.2) is 35.0 Å². The van der Waals surface area contributed by atoms with E-state index in [-0.39, 0.29) is 45.3 Å². The van der Waals surface area contributed by atoms with Crippen molar-refractivity contribution in [3.05, 3.63) is 89.1 Å². The predicted octanol–water partition coefficient (Wildman–Crippen LogP) is 13.4. The molecule has 5 aliphatic rings. The lowest BCUT2D eigenvalue weighted by molar-refractivity contribution is -0.130. The van der Waals surface area contributed by atoms with E-state index in [1.165, 1.54) is 29.5 Å². The Morgan fingerprint density at radius 3 is 1.18 bits per heavy atom. The van der Waals surface area contributed by atoms with Crippen molar-refractivity contribution in [1.29, 1.82) is 0 Å². The molecule has 13 heteroatoms. The topological polar surface area (TPSA) is 166 Å². The van der Waals surface area contributed by atoms with Crippen molar-refractivity contribution in [2.24, 2.45) is 11.3 Å². The van der Waals surface area contributed by atoms with E-state index in [9.17, 15) is 19.2 Å². The molecule has 4 N–H and O–H groups in total. The fourth-order valence-electron chi connectivity index (χ4n) is 7.69. The third-order valence-electron chi connectivity index (χ3n) is 13.1. The summed E-state index contributed by atoms with van der Waals surface area (Å²) in [5, 5.41) is 11.4. The van der Waals surface area contributed by atoms with Gasteiger partial charge in [0, 0.05) is 11.1 Å². The SMILES string of the molecule is CC(C)(C)C1CC1.CC1(C)Oc2ccc(C(C)(C)C)cc2NC1=O.CC1(C)Oc2ccc(C(C)(C)C)nc2NC1=O.C[C@@H]1Oc2ccc(C(C)(C)C)cc2NC1=O.C[C@H]1Oc2ccc(C(C)(C)C)cc2NC1=O. The summed E-state index contributed by atoms with van der Waals surface area (Å²) in [6, 6.07) is 21.7. The molecule has 0 spiro atoms. The lowest BCUT2D eigenvalue weighted by Crippen LogP contribution is -2.46. The van der Waals surface area contributed by atoms with Crippen LogP contribution in [0.15, 0.2) is 66.7 Å². The van der Waals surface area contributed by atoms with E-state index < -0.39 is 23.4 Å². The van der Waals surface area contributed by atoms with E-state index in [2.05, 4.69) is 130 Å². The maximum Gasteiger partial charge on any atom is 0.269 e. The Bertz CT molecular complexity index is 2510. The first-order valence-corrected chi connectivity index (χ1v) is 25.7. The second-order valence-electron chi connectivity index (χ2n) is 25.9. The van der Waals surface area contributed by atoms with Gasteiger partial charge in [-0.2, -0.15) is 0 Å². The minimum atomic E-state index is -0.835. The number of carbonyl (C=O) groups is 4. The van der Waals surface area contributed by atoms with E-state index in [1.807, 2.05) is 66.7 Å². The number of fused-ring (bicyclic) bond motifs is 4. The highest BCUT2D eigenvalue weighted by Crippen LogP contribution is 2.44. The van der Waals surface area contributed by atoms with Crippen molar-refractivity contribution in [3.8, 4) is 23.0 Å². The molecule has 0 unspecified atom stereocenters. The van der Waals surface area contributed by atoms with Crippen molar-refractivity contribution in [2.75, 3.05) is 21.3 Å². The molecule has 398 valence electrons. The maximum atomic E-state index is 11.8. The fourth-order valence-corrected chi connectivity index (χ4v) is 7.69. The van der Waals surface area contributed by atoms with Crippen molar-refractivity contribution in [3.63, 3.8) is 0 Å². The van der Waals surface area contributed by atoms with Crippen LogP contribution in [0, 0.1) is 11.3 Å². The Kier molecular flexibility index (Phi) is 16.6. The molecule has 1 fully saturated rings. The standard InChI is InChI=1S/C14H19NO2.C13H18N2O2.2C13H17NO2.C7H14/c1-13(2,3)9-6-7-11-10(8-9)15-12(16)14(4,5)17-11;1-12(2,3)9-7-6-8-10(14-9)15-11(16)13(4,5)17-8;2*1-8-12(15)14-10-7-9(13(2,3)4)5-6-11(10)16-8;1-7(2,3)6-4-5-6/h6-8H,1-5H3,(H,15,16);6-7H,1-5H3,(H,14,15,16);2*5-8H,1-4H3,(H,14,15);6H,4-5H2,1-3H3/t;;2*8-;/m..10./s1. The molecule has 4 amide bonds. The van der Waals surface area contributed by atoms with Crippen LogP contribution >= 0.6 is 0 Å². The van der Waals surface area contributed by atoms with E-state index in [0.29, 0.717) is 17.0 Å². The van der Waals surface area contributed by atoms with Crippen LogP contribution in [-0.2, 0) is 40.8 Å². The van der Waals surface area contributed by atoms with Crippen LogP contribution in [0.2, 0.25) is 0 Å². The van der Waals surface area contributed by atoms with Gasteiger partial charge in [0.05, 0.1) is 17.1 Å². The van der Waals surface area contributed by atoms with Crippen LogP contribution in [0.1, 0.15) is 181 Å². The van der Waals surface area contributed by atoms with Gasteiger partial charge >= 0.3 is 0 Å². The Morgan fingerprint density at radius 2 is 0.822 bits per heavy atom. The monoisotopic (exact) mass is 1000 g/mol. The molecule has 13 nitrogen and oxygen atoms in total. The second-order valence-corrected chi connectivity index (χ2v) is 25.9. The minimum Gasteiger partial charge on any atom is -0.479 e. The summed E-state index contributed by atoms with van der Waals surface area (Å²) in [4.78, 5) is 51.0. The van der Waals surface area contributed by atoms with Gasteiger partial charge < -0.3 is 40.2 Å². The fraction of sp³-hybridized carbons (Fsp3) is 0.550. The molecular weight excluding hydrogens is 919 g/mol.